The summed E-state index contributed by atoms with van der Waals surface area (Å²) in [4.78, 5) is 0. The van der Waals surface area contributed by atoms with Crippen molar-refractivity contribution in [1.82, 2.24) is 5.01 Å². The highest BCUT2D eigenvalue weighted by Gasteiger charge is 2.41. The molecule has 0 spiro atoms. The molecule has 2 aliphatic rings. The van der Waals surface area contributed by atoms with Crippen LogP contribution in [0, 0.1) is 13.8 Å². The third-order valence-corrected chi connectivity index (χ3v) is 5.37. The maximum Gasteiger partial charge on any atom is 0.213 e. The molecule has 3 heterocycles. The van der Waals surface area contributed by atoms with E-state index in [0.29, 0.717) is 5.02 Å². The minimum absolute atomic E-state index is 0.0687. The Morgan fingerprint density at radius 1 is 1.04 bits per heavy atom. The van der Waals surface area contributed by atoms with E-state index in [2.05, 4.69) is 31.2 Å². The van der Waals surface area contributed by atoms with Crippen molar-refractivity contribution in [2.24, 2.45) is 5.10 Å². The molecule has 5 heteroatoms. The highest BCUT2D eigenvalue weighted by Crippen LogP contribution is 2.48. The van der Waals surface area contributed by atoms with E-state index in [4.69, 9.17) is 25.9 Å². The summed E-state index contributed by atoms with van der Waals surface area (Å²) in [6.07, 6.45) is 0.476. The van der Waals surface area contributed by atoms with Gasteiger partial charge in [-0.15, -0.1) is 0 Å². The second kappa shape index (κ2) is 6.17. The lowest BCUT2D eigenvalue weighted by Crippen LogP contribution is -2.33. The van der Waals surface area contributed by atoms with Crippen molar-refractivity contribution in [2.45, 2.75) is 32.5 Å². The maximum absolute atomic E-state index is 6.35. The minimum Gasteiger partial charge on any atom is -0.464 e. The number of nitrogens with zero attached hydrogens (tertiary/aromatic N) is 2. The van der Waals surface area contributed by atoms with Crippen LogP contribution < -0.4 is 4.74 Å². The minimum atomic E-state index is -0.280. The van der Waals surface area contributed by atoms with E-state index < -0.39 is 0 Å². The number of hydrogen-bond donors (Lipinski definition) is 0. The molecule has 0 aliphatic carbocycles. The van der Waals surface area contributed by atoms with Crippen LogP contribution >= 0.6 is 11.6 Å². The van der Waals surface area contributed by atoms with Crippen molar-refractivity contribution in [1.29, 1.82) is 0 Å². The van der Waals surface area contributed by atoms with Crippen LogP contribution in [0.3, 0.4) is 0 Å². The topological polar surface area (TPSA) is 38.0 Å². The second-order valence-electron chi connectivity index (χ2n) is 7.12. The lowest BCUT2D eigenvalue weighted by Gasteiger charge is -2.38. The quantitative estimate of drug-likeness (QED) is 0.566. The molecule has 2 aliphatic heterocycles. The number of halogens is 1. The fraction of sp³-hybridized carbons (Fsp3) is 0.227. The number of fused-ring (bicyclic) bond motifs is 3. The molecule has 0 amide bonds. The van der Waals surface area contributed by atoms with Crippen LogP contribution in [0.15, 0.2) is 64.1 Å². The Bertz CT molecular complexity index is 1040. The van der Waals surface area contributed by atoms with Gasteiger partial charge in [0, 0.05) is 22.6 Å². The van der Waals surface area contributed by atoms with Gasteiger partial charge in [-0.1, -0.05) is 41.4 Å². The summed E-state index contributed by atoms with van der Waals surface area (Å²) in [5, 5.41) is 7.63. The van der Waals surface area contributed by atoms with Gasteiger partial charge >= 0.3 is 0 Å². The van der Waals surface area contributed by atoms with Gasteiger partial charge in [0.05, 0.1) is 6.04 Å². The summed E-state index contributed by atoms with van der Waals surface area (Å²) in [5.41, 5.74) is 4.29. The molecule has 5 rings (SSSR count). The molecule has 2 aromatic carbocycles. The highest BCUT2D eigenvalue weighted by molar-refractivity contribution is 6.30. The average molecular weight is 379 g/mol. The third kappa shape index (κ3) is 2.81. The first kappa shape index (κ1) is 16.5. The number of hydrogen-bond acceptors (Lipinski definition) is 4. The maximum atomic E-state index is 6.35. The monoisotopic (exact) mass is 378 g/mol. The van der Waals surface area contributed by atoms with E-state index in [9.17, 15) is 0 Å². The summed E-state index contributed by atoms with van der Waals surface area (Å²) < 4.78 is 12.2. The molecule has 2 atom stereocenters. The van der Waals surface area contributed by atoms with Gasteiger partial charge in [-0.05, 0) is 44.2 Å². The lowest BCUT2D eigenvalue weighted by molar-refractivity contribution is -0.0190. The van der Waals surface area contributed by atoms with Gasteiger partial charge in [0.1, 0.15) is 23.0 Å². The Kier molecular flexibility index (Phi) is 3.76. The summed E-state index contributed by atoms with van der Waals surface area (Å²) in [7, 11) is 0. The standard InChI is InChI=1S/C22H19ClN2O2/c1-13-3-6-15(7-4-13)22-25-19(17-11-16(23)8-10-20(17)27-22)12-18(24-25)21-9-5-14(2)26-21/h3-11,19,22H,12H2,1-2H3/t19-,22-/m0/s1. The van der Waals surface area contributed by atoms with Crippen LogP contribution in [-0.4, -0.2) is 10.7 Å². The van der Waals surface area contributed by atoms with Gasteiger partial charge in [0.25, 0.3) is 0 Å². The van der Waals surface area contributed by atoms with Gasteiger partial charge in [-0.25, -0.2) is 5.01 Å². The molecule has 3 aromatic rings. The molecule has 0 N–H and O–H groups in total. The highest BCUT2D eigenvalue weighted by atomic mass is 35.5. The van der Waals surface area contributed by atoms with Gasteiger partial charge in [-0.2, -0.15) is 5.10 Å². The number of furan rings is 1. The smallest absolute Gasteiger partial charge is 0.213 e. The molecule has 1 aromatic heterocycles. The summed E-state index contributed by atoms with van der Waals surface area (Å²) >= 11 is 6.26. The van der Waals surface area contributed by atoms with Gasteiger partial charge in [0.2, 0.25) is 6.23 Å². The van der Waals surface area contributed by atoms with E-state index >= 15 is 0 Å². The molecule has 0 unspecified atom stereocenters. The Balaban J connectivity index is 1.60. The third-order valence-electron chi connectivity index (χ3n) is 5.14. The summed E-state index contributed by atoms with van der Waals surface area (Å²) in [6.45, 7) is 4.02. The normalized spacial score (nSPS) is 20.7. The second-order valence-corrected chi connectivity index (χ2v) is 7.56. The van der Waals surface area contributed by atoms with Crippen molar-refractivity contribution in [2.75, 3.05) is 0 Å². The number of aryl methyl sites for hydroxylation is 2. The number of hydrazone groups is 1. The first-order valence-corrected chi connectivity index (χ1v) is 9.41. The van der Waals surface area contributed by atoms with E-state index in [1.54, 1.807) is 0 Å². The Morgan fingerprint density at radius 3 is 2.59 bits per heavy atom. The molecule has 0 fully saturated rings. The van der Waals surface area contributed by atoms with E-state index in [1.165, 1.54) is 5.56 Å². The molecule has 27 heavy (non-hydrogen) atoms. The van der Waals surface area contributed by atoms with E-state index in [1.807, 2.05) is 42.3 Å². The zero-order valence-corrected chi connectivity index (χ0v) is 15.9. The van der Waals surface area contributed by atoms with Crippen LogP contribution in [0.1, 0.15) is 46.9 Å². The molecule has 0 radical (unpaired) electrons. The van der Waals surface area contributed by atoms with Crippen molar-refractivity contribution >= 4 is 17.3 Å². The number of benzene rings is 2. The molecule has 0 bridgehead atoms. The number of ether oxygens (including phenoxy) is 1. The molecule has 4 nitrogen and oxygen atoms in total. The summed E-state index contributed by atoms with van der Waals surface area (Å²) in [6, 6.07) is 18.2. The van der Waals surface area contributed by atoms with Gasteiger partial charge in [-0.3, -0.25) is 0 Å². The summed E-state index contributed by atoms with van der Waals surface area (Å²) in [5.74, 6) is 2.55. The lowest BCUT2D eigenvalue weighted by atomic mass is 9.97. The molecule has 0 saturated carbocycles. The predicted molar refractivity (Wildman–Crippen MR) is 105 cm³/mol. The predicted octanol–water partition coefficient (Wildman–Crippen LogP) is 5.79. The van der Waals surface area contributed by atoms with Gasteiger partial charge < -0.3 is 9.15 Å². The molecule has 136 valence electrons. The average Bonchev–Trinajstić information content (AvgIpc) is 3.28. The van der Waals surface area contributed by atoms with Crippen molar-refractivity contribution in [3.05, 3.63) is 87.8 Å². The van der Waals surface area contributed by atoms with Crippen LogP contribution in [-0.2, 0) is 0 Å². The Labute approximate surface area is 163 Å². The first-order chi connectivity index (χ1) is 13.1. The van der Waals surface area contributed by atoms with Crippen molar-refractivity contribution in [3.63, 3.8) is 0 Å². The molecule has 0 saturated heterocycles. The zero-order chi connectivity index (χ0) is 18.5. The fourth-order valence-corrected chi connectivity index (χ4v) is 3.93. The van der Waals surface area contributed by atoms with Crippen LogP contribution in [0.25, 0.3) is 0 Å². The Morgan fingerprint density at radius 2 is 1.85 bits per heavy atom. The van der Waals surface area contributed by atoms with Crippen molar-refractivity contribution < 1.29 is 9.15 Å². The Hall–Kier alpha value is -2.72. The van der Waals surface area contributed by atoms with E-state index in [0.717, 1.165) is 40.5 Å². The van der Waals surface area contributed by atoms with Crippen LogP contribution in [0.5, 0.6) is 5.75 Å². The molecular formula is C22H19ClN2O2. The van der Waals surface area contributed by atoms with Crippen LogP contribution in [0.4, 0.5) is 0 Å². The van der Waals surface area contributed by atoms with Gasteiger partial charge in [0.15, 0.2) is 0 Å². The largest absolute Gasteiger partial charge is 0.464 e. The van der Waals surface area contributed by atoms with Crippen molar-refractivity contribution in [3.8, 4) is 5.75 Å². The first-order valence-electron chi connectivity index (χ1n) is 9.04. The zero-order valence-electron chi connectivity index (χ0n) is 15.1. The van der Waals surface area contributed by atoms with Crippen LogP contribution in [0.2, 0.25) is 5.02 Å². The SMILES string of the molecule is Cc1ccc([C@@H]2Oc3ccc(Cl)cc3[C@@H]3CC(c4ccc(C)o4)=NN32)cc1. The number of rotatable bonds is 2. The fourth-order valence-electron chi connectivity index (χ4n) is 3.75. The van der Waals surface area contributed by atoms with E-state index in [-0.39, 0.29) is 12.3 Å². The molecular weight excluding hydrogens is 360 g/mol.